The number of thiophene rings is 1. The van der Waals surface area contributed by atoms with Gasteiger partial charge in [-0.05, 0) is 30.9 Å². The van der Waals surface area contributed by atoms with Crippen molar-refractivity contribution in [2.75, 3.05) is 18.8 Å². The fraction of sp³-hybridized carbons (Fsp3) is 0.643. The Balaban J connectivity index is 0.00000242. The SMILES string of the molecule is CCS(=O)(=O)c1ccc(CN=C(N)N2CCCC(C)C2)s1.I. The Morgan fingerprint density at radius 2 is 2.23 bits per heavy atom. The van der Waals surface area contributed by atoms with Crippen LogP contribution in [0.4, 0.5) is 0 Å². The molecule has 2 N–H and O–H groups in total. The first-order valence-electron chi connectivity index (χ1n) is 7.28. The van der Waals surface area contributed by atoms with Crippen molar-refractivity contribution in [3.8, 4) is 0 Å². The van der Waals surface area contributed by atoms with Crippen molar-refractivity contribution in [3.63, 3.8) is 0 Å². The Labute approximate surface area is 153 Å². The zero-order valence-corrected chi connectivity index (χ0v) is 17.0. The smallest absolute Gasteiger partial charge is 0.191 e. The normalized spacial score (nSPS) is 19.8. The predicted molar refractivity (Wildman–Crippen MR) is 103 cm³/mol. The van der Waals surface area contributed by atoms with E-state index in [1.54, 1.807) is 13.0 Å². The van der Waals surface area contributed by atoms with Crippen molar-refractivity contribution < 1.29 is 8.42 Å². The van der Waals surface area contributed by atoms with Gasteiger partial charge in [0.1, 0.15) is 4.21 Å². The van der Waals surface area contributed by atoms with Crippen LogP contribution >= 0.6 is 35.3 Å². The first-order valence-corrected chi connectivity index (χ1v) is 9.75. The molecular formula is C14H24IN3O2S2. The summed E-state index contributed by atoms with van der Waals surface area (Å²) < 4.78 is 24.0. The molecule has 1 fully saturated rings. The Kier molecular flexibility index (Phi) is 7.60. The summed E-state index contributed by atoms with van der Waals surface area (Å²) in [6.45, 7) is 6.23. The highest BCUT2D eigenvalue weighted by molar-refractivity contribution is 14.0. The van der Waals surface area contributed by atoms with Crippen LogP contribution in [0.15, 0.2) is 21.3 Å². The third kappa shape index (κ3) is 5.09. The lowest BCUT2D eigenvalue weighted by molar-refractivity contribution is 0.270. The molecule has 0 bridgehead atoms. The molecule has 8 heteroatoms. The van der Waals surface area contributed by atoms with E-state index in [0.29, 0.717) is 22.6 Å². The molecule has 0 aromatic carbocycles. The Hall–Kier alpha value is -0.350. The number of sulfone groups is 1. The lowest BCUT2D eigenvalue weighted by Gasteiger charge is -2.31. The number of rotatable bonds is 4. The number of nitrogens with two attached hydrogens (primary N) is 1. The molecule has 1 aromatic rings. The summed E-state index contributed by atoms with van der Waals surface area (Å²) in [7, 11) is -3.12. The first-order chi connectivity index (χ1) is 9.92. The second kappa shape index (κ2) is 8.49. The number of halogens is 1. The number of nitrogens with zero attached hydrogens (tertiary/aromatic N) is 2. The van der Waals surface area contributed by atoms with Crippen LogP contribution in [-0.2, 0) is 16.4 Å². The van der Waals surface area contributed by atoms with Gasteiger partial charge in [0.05, 0.1) is 12.3 Å². The minimum atomic E-state index is -3.12. The zero-order chi connectivity index (χ0) is 15.5. The van der Waals surface area contributed by atoms with Gasteiger partial charge in [-0.3, -0.25) is 0 Å². The fourth-order valence-electron chi connectivity index (χ4n) is 2.41. The molecule has 0 aliphatic carbocycles. The van der Waals surface area contributed by atoms with Crippen LogP contribution in [-0.4, -0.2) is 38.1 Å². The average Bonchev–Trinajstić information content (AvgIpc) is 2.94. The van der Waals surface area contributed by atoms with Crippen molar-refractivity contribution in [2.45, 2.75) is 37.4 Å². The Bertz CT molecular complexity index is 613. The number of guanidine groups is 1. The van der Waals surface area contributed by atoms with E-state index in [-0.39, 0.29) is 29.7 Å². The van der Waals surface area contributed by atoms with E-state index >= 15 is 0 Å². The molecule has 1 aliphatic heterocycles. The molecule has 126 valence electrons. The molecule has 0 saturated carbocycles. The lowest BCUT2D eigenvalue weighted by atomic mass is 10.0. The van der Waals surface area contributed by atoms with Gasteiger partial charge in [0.15, 0.2) is 15.8 Å². The highest BCUT2D eigenvalue weighted by atomic mass is 127. The molecule has 2 heterocycles. The summed E-state index contributed by atoms with van der Waals surface area (Å²) in [6.07, 6.45) is 2.39. The molecule has 22 heavy (non-hydrogen) atoms. The fourth-order valence-corrected chi connectivity index (χ4v) is 4.81. The number of hydrogen-bond acceptors (Lipinski definition) is 4. The van der Waals surface area contributed by atoms with Crippen LogP contribution in [0.2, 0.25) is 0 Å². The molecule has 1 atom stereocenters. The minimum Gasteiger partial charge on any atom is -0.370 e. The van der Waals surface area contributed by atoms with Gasteiger partial charge in [0.25, 0.3) is 0 Å². The van der Waals surface area contributed by atoms with Crippen LogP contribution in [0.3, 0.4) is 0 Å². The topological polar surface area (TPSA) is 75.8 Å². The van der Waals surface area contributed by atoms with Gasteiger partial charge in [-0.2, -0.15) is 0 Å². The molecule has 0 radical (unpaired) electrons. The lowest BCUT2D eigenvalue weighted by Crippen LogP contribution is -2.43. The van der Waals surface area contributed by atoms with E-state index in [1.165, 1.54) is 17.8 Å². The second-order valence-electron chi connectivity index (χ2n) is 5.49. The van der Waals surface area contributed by atoms with Gasteiger partial charge in [-0.25, -0.2) is 13.4 Å². The van der Waals surface area contributed by atoms with Crippen molar-refractivity contribution in [3.05, 3.63) is 17.0 Å². The van der Waals surface area contributed by atoms with Crippen molar-refractivity contribution in [1.29, 1.82) is 0 Å². The second-order valence-corrected chi connectivity index (χ2v) is 9.17. The molecule has 0 spiro atoms. The molecular weight excluding hydrogens is 433 g/mol. The number of aliphatic imine (C=N–C) groups is 1. The van der Waals surface area contributed by atoms with Gasteiger partial charge in [-0.1, -0.05) is 13.8 Å². The maximum absolute atomic E-state index is 11.8. The minimum absolute atomic E-state index is 0. The number of likely N-dealkylation sites (tertiary alicyclic amines) is 1. The quantitative estimate of drug-likeness (QED) is 0.429. The number of piperidine rings is 1. The van der Waals surface area contributed by atoms with Crippen LogP contribution in [0, 0.1) is 5.92 Å². The van der Waals surface area contributed by atoms with E-state index in [2.05, 4.69) is 16.8 Å². The van der Waals surface area contributed by atoms with E-state index in [4.69, 9.17) is 5.73 Å². The van der Waals surface area contributed by atoms with E-state index < -0.39 is 9.84 Å². The summed E-state index contributed by atoms with van der Waals surface area (Å²) in [4.78, 5) is 7.45. The van der Waals surface area contributed by atoms with Gasteiger partial charge in [0.2, 0.25) is 0 Å². The zero-order valence-electron chi connectivity index (χ0n) is 13.0. The van der Waals surface area contributed by atoms with Gasteiger partial charge < -0.3 is 10.6 Å². The summed E-state index contributed by atoms with van der Waals surface area (Å²) >= 11 is 1.28. The highest BCUT2D eigenvalue weighted by Crippen LogP contribution is 2.23. The van der Waals surface area contributed by atoms with Gasteiger partial charge in [-0.15, -0.1) is 35.3 Å². The maximum Gasteiger partial charge on any atom is 0.191 e. The predicted octanol–water partition coefficient (Wildman–Crippen LogP) is 2.71. The largest absolute Gasteiger partial charge is 0.370 e. The third-order valence-corrected chi connectivity index (χ3v) is 7.09. The molecule has 2 rings (SSSR count). The van der Waals surface area contributed by atoms with Crippen molar-refractivity contribution >= 4 is 51.1 Å². The summed E-state index contributed by atoms with van der Waals surface area (Å²) in [6, 6.07) is 3.48. The first kappa shape index (κ1) is 19.7. The van der Waals surface area contributed by atoms with Crippen LogP contribution in [0.25, 0.3) is 0 Å². The highest BCUT2D eigenvalue weighted by Gasteiger charge is 2.18. The Morgan fingerprint density at radius 3 is 2.86 bits per heavy atom. The summed E-state index contributed by atoms with van der Waals surface area (Å²) in [5.41, 5.74) is 6.04. The van der Waals surface area contributed by atoms with Crippen molar-refractivity contribution in [2.24, 2.45) is 16.6 Å². The van der Waals surface area contributed by atoms with Crippen molar-refractivity contribution in [1.82, 2.24) is 4.90 Å². The number of hydrogen-bond donors (Lipinski definition) is 1. The van der Waals surface area contributed by atoms with Gasteiger partial charge in [0, 0.05) is 18.0 Å². The Morgan fingerprint density at radius 1 is 1.50 bits per heavy atom. The van der Waals surface area contributed by atoms with E-state index in [1.807, 2.05) is 6.07 Å². The van der Waals surface area contributed by atoms with Crippen LogP contribution < -0.4 is 5.73 Å². The molecule has 0 amide bonds. The monoisotopic (exact) mass is 457 g/mol. The summed E-state index contributed by atoms with van der Waals surface area (Å²) in [5, 5.41) is 0. The maximum atomic E-state index is 11.8. The van der Waals surface area contributed by atoms with Gasteiger partial charge >= 0.3 is 0 Å². The molecule has 1 unspecified atom stereocenters. The third-order valence-electron chi connectivity index (χ3n) is 3.70. The average molecular weight is 457 g/mol. The van der Waals surface area contributed by atoms with E-state index in [0.717, 1.165) is 24.4 Å². The molecule has 1 saturated heterocycles. The van der Waals surface area contributed by atoms with E-state index in [9.17, 15) is 8.42 Å². The standard InChI is InChI=1S/C14H23N3O2S2.HI/c1-3-21(18,19)13-7-6-12(20-13)9-16-14(15)17-8-4-5-11(2)10-17;/h6-7,11H,3-5,8-10H2,1-2H3,(H2,15,16);1H. The summed E-state index contributed by atoms with van der Waals surface area (Å²) in [5.74, 6) is 1.34. The molecule has 5 nitrogen and oxygen atoms in total. The van der Waals surface area contributed by atoms with Crippen LogP contribution in [0.5, 0.6) is 0 Å². The molecule has 1 aliphatic rings. The van der Waals surface area contributed by atoms with Crippen LogP contribution in [0.1, 0.15) is 31.6 Å². The molecule has 1 aromatic heterocycles.